The molecule has 1 aliphatic heterocycles. The summed E-state index contributed by atoms with van der Waals surface area (Å²) in [6, 6.07) is 13.5. The molecule has 0 saturated heterocycles. The highest BCUT2D eigenvalue weighted by Gasteiger charge is 2.32. The first kappa shape index (κ1) is 17.2. The average molecular weight is 369 g/mol. The summed E-state index contributed by atoms with van der Waals surface area (Å²) in [6.07, 6.45) is 2.18. The lowest BCUT2D eigenvalue weighted by Crippen LogP contribution is -2.32. The molecule has 3 aromatic carbocycles. The van der Waals surface area contributed by atoms with Gasteiger partial charge in [0, 0.05) is 11.6 Å². The number of rotatable bonds is 1. The van der Waals surface area contributed by atoms with Crippen LogP contribution in [0, 0.1) is 20.8 Å². The lowest BCUT2D eigenvalue weighted by Gasteiger charge is -2.25. The van der Waals surface area contributed by atoms with E-state index in [0.29, 0.717) is 5.92 Å². The molecule has 0 amide bonds. The molecule has 1 aromatic heterocycles. The highest BCUT2D eigenvalue weighted by Crippen LogP contribution is 2.50. The van der Waals surface area contributed by atoms with Crippen LogP contribution in [0.25, 0.3) is 32.8 Å². The van der Waals surface area contributed by atoms with Crippen LogP contribution in [0.3, 0.4) is 0 Å². The van der Waals surface area contributed by atoms with Crippen molar-refractivity contribution in [2.75, 3.05) is 0 Å². The minimum absolute atomic E-state index is 0.463. The van der Waals surface area contributed by atoms with Gasteiger partial charge in [-0.25, -0.2) is 4.57 Å². The van der Waals surface area contributed by atoms with Crippen LogP contribution in [0.5, 0.6) is 11.5 Å². The van der Waals surface area contributed by atoms with Gasteiger partial charge in [0.05, 0.1) is 10.9 Å². The maximum Gasteiger partial charge on any atom is 0.228 e. The second-order valence-corrected chi connectivity index (χ2v) is 8.52. The third-order valence-corrected chi connectivity index (χ3v) is 6.26. The van der Waals surface area contributed by atoms with Crippen LogP contribution >= 0.6 is 0 Å². The first-order chi connectivity index (χ1) is 13.4. The summed E-state index contributed by atoms with van der Waals surface area (Å²) in [5.74, 6) is 2.45. The molecule has 0 spiro atoms. The molecule has 0 aliphatic carbocycles. The standard InChI is InChI=1S/C26H26NO/c1-14(2)19-12-18-9-10-27(6)25-23-16(4)21-11-15(3)7-8-20(21)17(5)26(23)28-22(13-19)24(18)25/h7-14H,1-6H3/q+1. The second-order valence-electron chi connectivity index (χ2n) is 8.52. The Hall–Kier alpha value is -2.87. The second kappa shape index (κ2) is 5.81. The number of pyridine rings is 1. The van der Waals surface area contributed by atoms with Gasteiger partial charge in [0.25, 0.3) is 0 Å². The fourth-order valence-electron chi connectivity index (χ4n) is 4.64. The van der Waals surface area contributed by atoms with Crippen LogP contribution in [0.1, 0.15) is 42.0 Å². The first-order valence-electron chi connectivity index (χ1n) is 10.0. The van der Waals surface area contributed by atoms with Crippen molar-refractivity contribution in [1.82, 2.24) is 0 Å². The highest BCUT2D eigenvalue weighted by molar-refractivity contribution is 6.06. The molecule has 2 heterocycles. The summed E-state index contributed by atoms with van der Waals surface area (Å²) in [5, 5.41) is 5.07. The molecule has 5 rings (SSSR count). The number of benzene rings is 3. The number of fused-ring (bicyclic) bond motifs is 3. The normalized spacial score (nSPS) is 12.5. The van der Waals surface area contributed by atoms with Crippen molar-refractivity contribution in [3.63, 3.8) is 0 Å². The molecule has 0 N–H and O–H groups in total. The minimum Gasteiger partial charge on any atom is -0.455 e. The average Bonchev–Trinajstić information content (AvgIpc) is 2.67. The molecule has 4 aromatic rings. The van der Waals surface area contributed by atoms with Crippen molar-refractivity contribution in [3.8, 4) is 22.8 Å². The van der Waals surface area contributed by atoms with Crippen LogP contribution < -0.4 is 9.30 Å². The van der Waals surface area contributed by atoms with Crippen molar-refractivity contribution < 1.29 is 9.30 Å². The van der Waals surface area contributed by atoms with E-state index >= 15 is 0 Å². The first-order valence-corrected chi connectivity index (χ1v) is 10.0. The van der Waals surface area contributed by atoms with Gasteiger partial charge in [-0.3, -0.25) is 0 Å². The third-order valence-electron chi connectivity index (χ3n) is 6.26. The molecule has 0 atom stereocenters. The summed E-state index contributed by atoms with van der Waals surface area (Å²) >= 11 is 0. The van der Waals surface area contributed by atoms with Gasteiger partial charge >= 0.3 is 0 Å². The lowest BCUT2D eigenvalue weighted by atomic mass is 9.88. The van der Waals surface area contributed by atoms with E-state index < -0.39 is 0 Å². The van der Waals surface area contributed by atoms with Crippen LogP contribution in [0.2, 0.25) is 0 Å². The Morgan fingerprint density at radius 1 is 0.893 bits per heavy atom. The zero-order chi connectivity index (χ0) is 19.7. The van der Waals surface area contributed by atoms with Crippen molar-refractivity contribution in [3.05, 3.63) is 64.8 Å². The van der Waals surface area contributed by atoms with Gasteiger partial charge in [0.15, 0.2) is 6.20 Å². The maximum absolute atomic E-state index is 6.63. The Labute approximate surface area is 166 Å². The largest absolute Gasteiger partial charge is 0.455 e. The van der Waals surface area contributed by atoms with Crippen LogP contribution in [-0.4, -0.2) is 0 Å². The molecular weight excluding hydrogens is 342 g/mol. The Balaban J connectivity index is 1.98. The number of nitrogens with zero attached hydrogens (tertiary/aromatic N) is 1. The maximum atomic E-state index is 6.63. The predicted octanol–water partition coefficient (Wildman–Crippen LogP) is 6.64. The SMILES string of the molecule is Cc1ccc2c(C)c3c(c(C)c2c1)-c1c2c(cc(C(C)C)cc2cc[n+]1C)O3. The summed E-state index contributed by atoms with van der Waals surface area (Å²) in [5.41, 5.74) is 7.60. The predicted molar refractivity (Wildman–Crippen MR) is 116 cm³/mol. The van der Waals surface area contributed by atoms with Crippen molar-refractivity contribution in [2.45, 2.75) is 40.5 Å². The van der Waals surface area contributed by atoms with E-state index in [4.69, 9.17) is 4.74 Å². The summed E-state index contributed by atoms with van der Waals surface area (Å²) in [7, 11) is 2.14. The molecule has 1 aliphatic rings. The van der Waals surface area contributed by atoms with Gasteiger partial charge in [-0.2, -0.15) is 0 Å². The highest BCUT2D eigenvalue weighted by atomic mass is 16.5. The van der Waals surface area contributed by atoms with Gasteiger partial charge in [-0.05, 0) is 60.0 Å². The number of aryl methyl sites for hydroxylation is 4. The lowest BCUT2D eigenvalue weighted by molar-refractivity contribution is -0.659. The van der Waals surface area contributed by atoms with E-state index in [1.54, 1.807) is 0 Å². The molecule has 2 nitrogen and oxygen atoms in total. The quantitative estimate of drug-likeness (QED) is 0.302. The molecule has 0 fully saturated rings. The van der Waals surface area contributed by atoms with E-state index in [1.807, 2.05) is 0 Å². The van der Waals surface area contributed by atoms with Gasteiger partial charge in [-0.1, -0.05) is 43.7 Å². The zero-order valence-electron chi connectivity index (χ0n) is 17.5. The number of hydrogen-bond donors (Lipinski definition) is 0. The Bertz CT molecular complexity index is 1300. The fourth-order valence-corrected chi connectivity index (χ4v) is 4.64. The summed E-state index contributed by atoms with van der Waals surface area (Å²) in [6.45, 7) is 11.1. The Kier molecular flexibility index (Phi) is 3.58. The van der Waals surface area contributed by atoms with Crippen LogP contribution in [0.15, 0.2) is 42.6 Å². The van der Waals surface area contributed by atoms with Crippen molar-refractivity contribution in [1.29, 1.82) is 0 Å². The molecule has 0 radical (unpaired) electrons. The van der Waals surface area contributed by atoms with E-state index in [0.717, 1.165) is 11.5 Å². The monoisotopic (exact) mass is 368 g/mol. The summed E-state index contributed by atoms with van der Waals surface area (Å²) < 4.78 is 8.88. The third kappa shape index (κ3) is 2.24. The van der Waals surface area contributed by atoms with Gasteiger partial charge in [0.1, 0.15) is 18.5 Å². The Morgan fingerprint density at radius 2 is 1.68 bits per heavy atom. The fraction of sp³-hybridized carbons (Fsp3) is 0.269. The molecule has 140 valence electrons. The smallest absolute Gasteiger partial charge is 0.228 e. The Morgan fingerprint density at radius 3 is 2.43 bits per heavy atom. The van der Waals surface area contributed by atoms with Crippen LogP contribution in [-0.2, 0) is 7.05 Å². The van der Waals surface area contributed by atoms with Gasteiger partial charge in [-0.15, -0.1) is 0 Å². The minimum atomic E-state index is 0.463. The molecule has 0 saturated carbocycles. The van der Waals surface area contributed by atoms with Crippen LogP contribution in [0.4, 0.5) is 0 Å². The molecular formula is C26H26NO+. The molecule has 0 unspecified atom stereocenters. The number of aromatic nitrogens is 1. The van der Waals surface area contributed by atoms with E-state index in [2.05, 4.69) is 88.8 Å². The van der Waals surface area contributed by atoms with Gasteiger partial charge < -0.3 is 4.74 Å². The van der Waals surface area contributed by atoms with E-state index in [9.17, 15) is 0 Å². The van der Waals surface area contributed by atoms with E-state index in [1.165, 1.54) is 55.1 Å². The molecule has 0 bridgehead atoms. The number of ether oxygens (including phenoxy) is 1. The number of hydrogen-bond acceptors (Lipinski definition) is 1. The van der Waals surface area contributed by atoms with E-state index in [-0.39, 0.29) is 0 Å². The van der Waals surface area contributed by atoms with Gasteiger partial charge in [0.2, 0.25) is 5.69 Å². The summed E-state index contributed by atoms with van der Waals surface area (Å²) in [4.78, 5) is 0. The van der Waals surface area contributed by atoms with Crippen molar-refractivity contribution in [2.24, 2.45) is 7.05 Å². The topological polar surface area (TPSA) is 13.1 Å². The van der Waals surface area contributed by atoms with Crippen molar-refractivity contribution >= 4 is 21.5 Å². The zero-order valence-corrected chi connectivity index (χ0v) is 17.5. The molecule has 28 heavy (non-hydrogen) atoms. The molecule has 2 heteroatoms.